The van der Waals surface area contributed by atoms with Crippen LogP contribution in [0.25, 0.3) is 9.69 Å². The predicted molar refractivity (Wildman–Crippen MR) is 113 cm³/mol. The number of rotatable bonds is 19. The Morgan fingerprint density at radius 1 is 0.536 bits per heavy atom. The van der Waals surface area contributed by atoms with Gasteiger partial charge in [-0.25, -0.2) is 13.1 Å². The first-order chi connectivity index (χ1) is 13.8. The van der Waals surface area contributed by atoms with Crippen molar-refractivity contribution >= 4 is 0 Å². The zero-order valence-electron chi connectivity index (χ0n) is 17.4. The highest BCUT2D eigenvalue weighted by Gasteiger charge is 2.07. The summed E-state index contributed by atoms with van der Waals surface area (Å²) in [6.07, 6.45) is 10.9. The van der Waals surface area contributed by atoms with Gasteiger partial charge in [0, 0.05) is 25.9 Å². The lowest BCUT2D eigenvalue weighted by Gasteiger charge is -2.19. The largest absolute Gasteiger partial charge is 0.316 e. The van der Waals surface area contributed by atoms with Crippen molar-refractivity contribution in [2.24, 2.45) is 0 Å². The highest BCUT2D eigenvalue weighted by molar-refractivity contribution is 4.76. The van der Waals surface area contributed by atoms with E-state index in [-0.39, 0.29) is 0 Å². The van der Waals surface area contributed by atoms with E-state index in [2.05, 4.69) is 31.6 Å². The summed E-state index contributed by atoms with van der Waals surface area (Å²) >= 11 is 0. The smallest absolute Gasteiger partial charge is 0.227 e. The molecule has 0 bridgehead atoms. The van der Waals surface area contributed by atoms with Crippen LogP contribution in [-0.4, -0.2) is 62.2 Å². The number of nitrogens with zero attached hydrogens (tertiary/aromatic N) is 6. The molecule has 0 fully saturated rings. The molecule has 6 heteroatoms. The molecule has 0 aliphatic rings. The zero-order chi connectivity index (χ0) is 20.7. The Balaban J connectivity index is 3.62. The lowest BCUT2D eigenvalue weighted by atomic mass is 10.1. The van der Waals surface area contributed by atoms with Crippen molar-refractivity contribution in [1.82, 2.24) is 9.80 Å². The molecular formula is C22H36N6. The van der Waals surface area contributed by atoms with Crippen LogP contribution in [0.15, 0.2) is 0 Å². The van der Waals surface area contributed by atoms with Gasteiger partial charge in [-0.1, -0.05) is 38.5 Å². The molecular weight excluding hydrogens is 348 g/mol. The van der Waals surface area contributed by atoms with Crippen LogP contribution in [0.2, 0.25) is 0 Å². The average Bonchev–Trinajstić information content (AvgIpc) is 2.72. The third-order valence-corrected chi connectivity index (χ3v) is 4.83. The third-order valence-electron chi connectivity index (χ3n) is 4.83. The minimum Gasteiger partial charge on any atom is -0.316 e. The van der Waals surface area contributed by atoms with Crippen molar-refractivity contribution in [3.05, 3.63) is 22.8 Å². The molecule has 28 heavy (non-hydrogen) atoms. The highest BCUT2D eigenvalue weighted by atomic mass is 15.1. The fourth-order valence-electron chi connectivity index (χ4n) is 3.20. The Labute approximate surface area is 172 Å². The average molecular weight is 385 g/mol. The maximum absolute atomic E-state index is 8.71. The van der Waals surface area contributed by atoms with E-state index in [9.17, 15) is 0 Å². The van der Waals surface area contributed by atoms with Crippen LogP contribution < -0.4 is 0 Å². The topological polar surface area (TPSA) is 62.8 Å². The first-order valence-electron chi connectivity index (χ1n) is 10.6. The lowest BCUT2D eigenvalue weighted by Crippen LogP contribution is -2.29. The minimum absolute atomic E-state index is 0.530. The third kappa shape index (κ3) is 17.3. The van der Waals surface area contributed by atoms with E-state index in [1.54, 1.807) is 0 Å². The molecule has 0 aromatic carbocycles. The van der Waals surface area contributed by atoms with Crippen molar-refractivity contribution in [3.63, 3.8) is 0 Å². The van der Waals surface area contributed by atoms with Crippen molar-refractivity contribution in [3.8, 4) is 12.1 Å². The number of hydrogen-bond donors (Lipinski definition) is 0. The van der Waals surface area contributed by atoms with Crippen molar-refractivity contribution < 1.29 is 0 Å². The minimum atomic E-state index is 0.530. The fraction of sp³-hybridized carbons (Fsp3) is 0.818. The van der Waals surface area contributed by atoms with E-state index in [1.165, 1.54) is 38.5 Å². The molecule has 0 N–H and O–H groups in total. The van der Waals surface area contributed by atoms with Crippen molar-refractivity contribution in [2.45, 2.75) is 64.2 Å². The van der Waals surface area contributed by atoms with Gasteiger partial charge in [-0.05, 0) is 25.9 Å². The van der Waals surface area contributed by atoms with Gasteiger partial charge in [0.05, 0.1) is 25.2 Å². The summed E-state index contributed by atoms with van der Waals surface area (Å²) in [5, 5.41) is 17.4. The summed E-state index contributed by atoms with van der Waals surface area (Å²) in [5.74, 6) is 0. The standard InChI is InChI=1S/C22H36N6/c1-25-15-21-28(22-16-26-2)18-10-8-6-4-3-5-7-9-17-27(19-11-13-23)20-12-14-24/h3-12,15-22H2. The number of unbranched alkanes of at least 4 members (excludes halogenated alkanes) is 7. The van der Waals surface area contributed by atoms with E-state index >= 15 is 0 Å². The monoisotopic (exact) mass is 384 g/mol. The molecule has 0 aliphatic carbocycles. The van der Waals surface area contributed by atoms with Gasteiger partial charge >= 0.3 is 0 Å². The molecule has 0 rings (SSSR count). The fourth-order valence-corrected chi connectivity index (χ4v) is 3.20. The molecule has 0 saturated heterocycles. The van der Waals surface area contributed by atoms with E-state index in [0.717, 1.165) is 52.1 Å². The van der Waals surface area contributed by atoms with Gasteiger partial charge in [-0.3, -0.25) is 4.90 Å². The molecule has 0 aromatic heterocycles. The second-order valence-electron chi connectivity index (χ2n) is 7.09. The Morgan fingerprint density at radius 3 is 1.25 bits per heavy atom. The highest BCUT2D eigenvalue weighted by Crippen LogP contribution is 2.10. The van der Waals surface area contributed by atoms with E-state index in [1.807, 2.05) is 0 Å². The molecule has 0 heterocycles. The molecule has 0 amide bonds. The van der Waals surface area contributed by atoms with Gasteiger partial charge in [0.2, 0.25) is 13.1 Å². The molecule has 0 unspecified atom stereocenters. The number of nitriles is 2. The normalized spacial score (nSPS) is 10.4. The lowest BCUT2D eigenvalue weighted by molar-refractivity contribution is 0.278. The molecule has 0 spiro atoms. The first kappa shape index (κ1) is 25.9. The Bertz CT molecular complexity index is 435. The predicted octanol–water partition coefficient (Wildman–Crippen LogP) is 4.38. The van der Waals surface area contributed by atoms with E-state index in [4.69, 9.17) is 23.7 Å². The molecule has 6 nitrogen and oxygen atoms in total. The van der Waals surface area contributed by atoms with Gasteiger partial charge in [-0.15, -0.1) is 0 Å². The Kier molecular flexibility index (Phi) is 19.6. The molecule has 0 aliphatic heterocycles. The zero-order valence-corrected chi connectivity index (χ0v) is 17.4. The summed E-state index contributed by atoms with van der Waals surface area (Å²) in [5.41, 5.74) is 0. The van der Waals surface area contributed by atoms with E-state index in [0.29, 0.717) is 25.9 Å². The van der Waals surface area contributed by atoms with Gasteiger partial charge in [0.25, 0.3) is 0 Å². The summed E-state index contributed by atoms with van der Waals surface area (Å²) < 4.78 is 0. The Morgan fingerprint density at radius 2 is 0.893 bits per heavy atom. The van der Waals surface area contributed by atoms with Crippen LogP contribution in [0, 0.1) is 35.8 Å². The molecule has 154 valence electrons. The summed E-state index contributed by atoms with van der Waals surface area (Å²) in [7, 11) is 0. The quantitative estimate of drug-likeness (QED) is 0.245. The number of hydrogen-bond acceptors (Lipinski definition) is 4. The van der Waals surface area contributed by atoms with Crippen LogP contribution in [0.4, 0.5) is 0 Å². The van der Waals surface area contributed by atoms with Crippen LogP contribution >= 0.6 is 0 Å². The molecule has 0 aromatic rings. The van der Waals surface area contributed by atoms with Crippen LogP contribution in [0.3, 0.4) is 0 Å². The molecule has 0 atom stereocenters. The van der Waals surface area contributed by atoms with Crippen LogP contribution in [0.5, 0.6) is 0 Å². The van der Waals surface area contributed by atoms with Gasteiger partial charge < -0.3 is 14.6 Å². The van der Waals surface area contributed by atoms with Gasteiger partial charge in [-0.2, -0.15) is 10.5 Å². The summed E-state index contributed by atoms with van der Waals surface area (Å²) in [4.78, 5) is 11.3. The van der Waals surface area contributed by atoms with Crippen molar-refractivity contribution in [2.75, 3.05) is 52.4 Å². The van der Waals surface area contributed by atoms with Gasteiger partial charge in [0.15, 0.2) is 0 Å². The second kappa shape index (κ2) is 21.2. The maximum Gasteiger partial charge on any atom is 0.227 e. The Hall–Kier alpha value is -2.12. The summed E-state index contributed by atoms with van der Waals surface area (Å²) in [6, 6.07) is 4.37. The second-order valence-corrected chi connectivity index (χ2v) is 7.09. The molecule has 0 radical (unpaired) electrons. The van der Waals surface area contributed by atoms with E-state index < -0.39 is 0 Å². The SMILES string of the molecule is [C-]#[N+]CCN(CCCCCCCCCCN(CCC#N)CCC#N)CC[N+]#[C-]. The summed E-state index contributed by atoms with van der Waals surface area (Å²) in [6.45, 7) is 20.0. The van der Waals surface area contributed by atoms with Crippen LogP contribution in [-0.2, 0) is 0 Å². The molecule has 0 saturated carbocycles. The first-order valence-corrected chi connectivity index (χ1v) is 10.6. The van der Waals surface area contributed by atoms with Crippen molar-refractivity contribution in [1.29, 1.82) is 10.5 Å². The van der Waals surface area contributed by atoms with Crippen LogP contribution in [0.1, 0.15) is 64.2 Å². The maximum atomic E-state index is 8.71. The van der Waals surface area contributed by atoms with Gasteiger partial charge in [0.1, 0.15) is 0 Å².